The van der Waals surface area contributed by atoms with Crippen LogP contribution in [0.4, 0.5) is 10.5 Å². The Labute approximate surface area is 238 Å². The van der Waals surface area contributed by atoms with Crippen molar-refractivity contribution in [3.63, 3.8) is 0 Å². The standard InChI is InChI=1S/C28H24ClIN2O6/c1-3-36-21-10-8-20(9-11-21)32-27(34)22(26(33)31-28(32)35)13-18-14-23(30)25(24(15-18)37-4-2)38-16-17-6-5-7-19(29)12-17/h5-15H,3-4,16H2,1-2H3,(H,31,33,35)/b22-13+. The maximum atomic E-state index is 13.3. The monoisotopic (exact) mass is 646 g/mol. The van der Waals surface area contributed by atoms with E-state index in [-0.39, 0.29) is 12.2 Å². The number of anilines is 1. The zero-order chi connectivity index (χ0) is 27.2. The second-order valence-electron chi connectivity index (χ2n) is 8.07. The number of halogens is 2. The molecule has 0 spiro atoms. The number of imide groups is 2. The molecule has 1 aliphatic heterocycles. The zero-order valence-corrected chi connectivity index (χ0v) is 23.5. The van der Waals surface area contributed by atoms with E-state index in [0.717, 1.165) is 10.5 Å². The van der Waals surface area contributed by atoms with Gasteiger partial charge in [0.25, 0.3) is 11.8 Å². The van der Waals surface area contributed by atoms with Crippen molar-refractivity contribution < 1.29 is 28.6 Å². The number of amides is 4. The predicted octanol–water partition coefficient (Wildman–Crippen LogP) is 5.99. The fourth-order valence-electron chi connectivity index (χ4n) is 3.77. The molecule has 0 aromatic heterocycles. The summed E-state index contributed by atoms with van der Waals surface area (Å²) < 4.78 is 18.0. The summed E-state index contributed by atoms with van der Waals surface area (Å²) in [6, 6.07) is 16.4. The van der Waals surface area contributed by atoms with Crippen molar-refractivity contribution in [2.45, 2.75) is 20.5 Å². The molecule has 0 unspecified atom stereocenters. The summed E-state index contributed by atoms with van der Waals surface area (Å²) in [6.07, 6.45) is 1.43. The number of urea groups is 1. The summed E-state index contributed by atoms with van der Waals surface area (Å²) in [5.74, 6) is 0.0637. The van der Waals surface area contributed by atoms with Crippen molar-refractivity contribution in [2.24, 2.45) is 0 Å². The number of nitrogens with one attached hydrogen (secondary N) is 1. The van der Waals surface area contributed by atoms with Gasteiger partial charge in [-0.1, -0.05) is 23.7 Å². The molecule has 1 saturated heterocycles. The molecule has 3 aromatic rings. The first-order chi connectivity index (χ1) is 18.3. The number of ether oxygens (including phenoxy) is 3. The molecular formula is C28H24ClIN2O6. The highest BCUT2D eigenvalue weighted by molar-refractivity contribution is 14.1. The molecular weight excluding hydrogens is 623 g/mol. The van der Waals surface area contributed by atoms with E-state index in [0.29, 0.717) is 50.3 Å². The Morgan fingerprint density at radius 1 is 0.947 bits per heavy atom. The van der Waals surface area contributed by atoms with E-state index >= 15 is 0 Å². The predicted molar refractivity (Wildman–Crippen MR) is 153 cm³/mol. The number of hydrogen-bond donors (Lipinski definition) is 1. The first kappa shape index (κ1) is 27.5. The van der Waals surface area contributed by atoms with Gasteiger partial charge in [0.05, 0.1) is 22.5 Å². The van der Waals surface area contributed by atoms with Crippen LogP contribution in [0.15, 0.2) is 66.2 Å². The Morgan fingerprint density at radius 2 is 1.68 bits per heavy atom. The molecule has 4 rings (SSSR count). The molecule has 1 aliphatic rings. The van der Waals surface area contributed by atoms with Gasteiger partial charge in [0.15, 0.2) is 11.5 Å². The van der Waals surface area contributed by atoms with Crippen molar-refractivity contribution in [2.75, 3.05) is 18.1 Å². The van der Waals surface area contributed by atoms with Gasteiger partial charge in [-0.3, -0.25) is 14.9 Å². The molecule has 4 amide bonds. The minimum Gasteiger partial charge on any atom is -0.494 e. The summed E-state index contributed by atoms with van der Waals surface area (Å²) in [6.45, 7) is 4.84. The second kappa shape index (κ2) is 12.3. The average Bonchev–Trinajstić information content (AvgIpc) is 2.87. The van der Waals surface area contributed by atoms with Crippen LogP contribution in [0.25, 0.3) is 6.08 Å². The van der Waals surface area contributed by atoms with E-state index < -0.39 is 17.8 Å². The highest BCUT2D eigenvalue weighted by atomic mass is 127. The Kier molecular flexibility index (Phi) is 8.90. The third kappa shape index (κ3) is 6.28. The molecule has 0 atom stereocenters. The first-order valence-electron chi connectivity index (χ1n) is 11.8. The Bertz CT molecular complexity index is 1410. The van der Waals surface area contributed by atoms with Gasteiger partial charge < -0.3 is 14.2 Å². The van der Waals surface area contributed by atoms with Gasteiger partial charge in [-0.25, -0.2) is 9.69 Å². The van der Waals surface area contributed by atoms with Gasteiger partial charge in [-0.15, -0.1) is 0 Å². The first-order valence-corrected chi connectivity index (χ1v) is 13.2. The highest BCUT2D eigenvalue weighted by Crippen LogP contribution is 2.36. The molecule has 1 heterocycles. The number of carbonyl (C=O) groups excluding carboxylic acids is 3. The van der Waals surface area contributed by atoms with Crippen molar-refractivity contribution in [1.82, 2.24) is 5.32 Å². The van der Waals surface area contributed by atoms with Crippen LogP contribution in [-0.2, 0) is 16.2 Å². The zero-order valence-electron chi connectivity index (χ0n) is 20.6. The van der Waals surface area contributed by atoms with Crippen molar-refractivity contribution >= 4 is 63.8 Å². The quantitative estimate of drug-likeness (QED) is 0.175. The number of benzene rings is 3. The minimum atomic E-state index is -0.823. The number of carbonyl (C=O) groups is 3. The minimum absolute atomic E-state index is 0.190. The maximum absolute atomic E-state index is 13.3. The lowest BCUT2D eigenvalue weighted by molar-refractivity contribution is -0.122. The maximum Gasteiger partial charge on any atom is 0.335 e. The summed E-state index contributed by atoms with van der Waals surface area (Å²) in [4.78, 5) is 39.4. The molecule has 196 valence electrons. The number of rotatable bonds is 9. The topological polar surface area (TPSA) is 94.2 Å². The Balaban J connectivity index is 1.63. The fraction of sp³-hybridized carbons (Fsp3) is 0.179. The smallest absolute Gasteiger partial charge is 0.335 e. The van der Waals surface area contributed by atoms with Crippen LogP contribution in [0.5, 0.6) is 17.2 Å². The molecule has 1 fully saturated rings. The lowest BCUT2D eigenvalue weighted by Crippen LogP contribution is -2.54. The lowest BCUT2D eigenvalue weighted by atomic mass is 10.1. The number of hydrogen-bond acceptors (Lipinski definition) is 6. The molecule has 0 aliphatic carbocycles. The van der Waals surface area contributed by atoms with E-state index in [1.807, 2.05) is 32.0 Å². The molecule has 0 radical (unpaired) electrons. The fourth-order valence-corrected chi connectivity index (χ4v) is 4.77. The largest absolute Gasteiger partial charge is 0.494 e. The number of barbiturate groups is 1. The van der Waals surface area contributed by atoms with Gasteiger partial charge in [-0.2, -0.15) is 0 Å². The molecule has 1 N–H and O–H groups in total. The second-order valence-corrected chi connectivity index (χ2v) is 9.66. The van der Waals surface area contributed by atoms with Gasteiger partial charge in [-0.05, 0) is 102 Å². The summed E-state index contributed by atoms with van der Waals surface area (Å²) in [7, 11) is 0. The van der Waals surface area contributed by atoms with Gasteiger partial charge in [0.1, 0.15) is 17.9 Å². The molecule has 0 saturated carbocycles. The van der Waals surface area contributed by atoms with Crippen LogP contribution in [0.3, 0.4) is 0 Å². The Morgan fingerprint density at radius 3 is 2.37 bits per heavy atom. The summed E-state index contributed by atoms with van der Waals surface area (Å²) in [5, 5.41) is 2.85. The molecule has 8 nitrogen and oxygen atoms in total. The Hall–Kier alpha value is -3.57. The van der Waals surface area contributed by atoms with E-state index in [1.165, 1.54) is 6.08 Å². The molecule has 0 bridgehead atoms. The van der Waals surface area contributed by atoms with Crippen molar-refractivity contribution in [3.8, 4) is 17.2 Å². The summed E-state index contributed by atoms with van der Waals surface area (Å²) in [5.41, 5.74) is 1.55. The molecule has 38 heavy (non-hydrogen) atoms. The van der Waals surface area contributed by atoms with Crippen LogP contribution in [0, 0.1) is 3.57 Å². The number of nitrogens with zero attached hydrogens (tertiary/aromatic N) is 1. The SMILES string of the molecule is CCOc1ccc(N2C(=O)NC(=O)/C(=C\c3cc(I)c(OCc4cccc(Cl)c4)c(OCC)c3)C2=O)cc1. The van der Waals surface area contributed by atoms with Gasteiger partial charge >= 0.3 is 6.03 Å². The van der Waals surface area contributed by atoms with E-state index in [1.54, 1.807) is 42.5 Å². The molecule has 3 aromatic carbocycles. The lowest BCUT2D eigenvalue weighted by Gasteiger charge is -2.26. The van der Waals surface area contributed by atoms with E-state index in [9.17, 15) is 14.4 Å². The van der Waals surface area contributed by atoms with Gasteiger partial charge in [0, 0.05) is 5.02 Å². The molecule has 10 heteroatoms. The summed E-state index contributed by atoms with van der Waals surface area (Å²) >= 11 is 8.19. The van der Waals surface area contributed by atoms with E-state index in [4.69, 9.17) is 25.8 Å². The van der Waals surface area contributed by atoms with Crippen LogP contribution in [0.1, 0.15) is 25.0 Å². The average molecular weight is 647 g/mol. The third-order valence-electron chi connectivity index (χ3n) is 5.42. The van der Waals surface area contributed by atoms with Crippen LogP contribution in [0.2, 0.25) is 5.02 Å². The van der Waals surface area contributed by atoms with Crippen LogP contribution < -0.4 is 24.4 Å². The van der Waals surface area contributed by atoms with Crippen LogP contribution >= 0.6 is 34.2 Å². The normalized spacial score (nSPS) is 14.5. The van der Waals surface area contributed by atoms with Gasteiger partial charge in [0.2, 0.25) is 0 Å². The highest BCUT2D eigenvalue weighted by Gasteiger charge is 2.37. The van der Waals surface area contributed by atoms with Crippen molar-refractivity contribution in [1.29, 1.82) is 0 Å². The third-order valence-corrected chi connectivity index (χ3v) is 6.46. The van der Waals surface area contributed by atoms with E-state index in [2.05, 4.69) is 27.9 Å². The van der Waals surface area contributed by atoms with Crippen LogP contribution in [-0.4, -0.2) is 31.1 Å². The van der Waals surface area contributed by atoms with Crippen molar-refractivity contribution in [3.05, 3.63) is 86.0 Å².